The molecule has 1 aromatic heterocycles. The maximum atomic E-state index is 14.0. The van der Waals surface area contributed by atoms with E-state index in [0.717, 1.165) is 16.9 Å². The number of nitrogens with zero attached hydrogens (tertiary/aromatic N) is 1. The molecule has 0 radical (unpaired) electrons. The number of aromatic amines is 1. The first-order valence-electron chi connectivity index (χ1n) is 12.9. The van der Waals surface area contributed by atoms with Gasteiger partial charge in [0.05, 0.1) is 23.7 Å². The van der Waals surface area contributed by atoms with Gasteiger partial charge in [0.1, 0.15) is 16.7 Å². The van der Waals surface area contributed by atoms with Crippen LogP contribution in [-0.4, -0.2) is 41.7 Å². The predicted octanol–water partition coefficient (Wildman–Crippen LogP) is 5.22. The molecule has 3 unspecified atom stereocenters. The number of halogens is 1. The van der Waals surface area contributed by atoms with Crippen molar-refractivity contribution in [3.63, 3.8) is 0 Å². The molecule has 4 aromatic rings. The summed E-state index contributed by atoms with van der Waals surface area (Å²) in [5, 5.41) is 2.95. The SMILES string of the molecule is COc1ccc(N2C(=O)C3Sc4[nH]c(=O)sc4C(c4cc(Cl)ccc4OCC(=O)Nc4ccccc4C)C3C2=O)cc1. The lowest BCUT2D eigenvalue weighted by Gasteiger charge is -2.31. The van der Waals surface area contributed by atoms with Gasteiger partial charge < -0.3 is 19.8 Å². The van der Waals surface area contributed by atoms with Crippen LogP contribution in [0.1, 0.15) is 21.9 Å². The lowest BCUT2D eigenvalue weighted by molar-refractivity contribution is -0.122. The van der Waals surface area contributed by atoms with Gasteiger partial charge in [-0.15, -0.1) is 0 Å². The van der Waals surface area contributed by atoms with Crippen LogP contribution < -0.4 is 24.6 Å². The zero-order chi connectivity index (χ0) is 29.5. The van der Waals surface area contributed by atoms with E-state index >= 15 is 0 Å². The number of carbonyl (C=O) groups excluding carboxylic acids is 3. The lowest BCUT2D eigenvalue weighted by atomic mass is 9.82. The summed E-state index contributed by atoms with van der Waals surface area (Å²) in [5.74, 6) is -1.80. The molecule has 0 saturated carbocycles. The van der Waals surface area contributed by atoms with E-state index in [-0.39, 0.29) is 23.3 Å². The number of H-pyrrole nitrogens is 1. The molecule has 2 N–H and O–H groups in total. The number of rotatable bonds is 7. The molecule has 214 valence electrons. The van der Waals surface area contributed by atoms with Crippen molar-refractivity contribution in [3.8, 4) is 11.5 Å². The predicted molar refractivity (Wildman–Crippen MR) is 162 cm³/mol. The Hall–Kier alpha value is -4.06. The summed E-state index contributed by atoms with van der Waals surface area (Å²) in [6.07, 6.45) is 0. The van der Waals surface area contributed by atoms with E-state index in [2.05, 4.69) is 10.3 Å². The van der Waals surface area contributed by atoms with Crippen molar-refractivity contribution < 1.29 is 23.9 Å². The monoisotopic (exact) mass is 621 g/mol. The molecule has 0 bridgehead atoms. The van der Waals surface area contributed by atoms with Gasteiger partial charge in [-0.25, -0.2) is 4.90 Å². The fourth-order valence-electron chi connectivity index (χ4n) is 5.27. The molecule has 1 fully saturated rings. The Bertz CT molecular complexity index is 1770. The van der Waals surface area contributed by atoms with E-state index in [0.29, 0.717) is 43.4 Å². The number of hydrogen-bond donors (Lipinski definition) is 2. The van der Waals surface area contributed by atoms with Crippen molar-refractivity contribution >= 4 is 63.8 Å². The first-order valence-corrected chi connectivity index (χ1v) is 15.0. The third kappa shape index (κ3) is 5.08. The third-order valence-corrected chi connectivity index (χ3v) is 9.88. The minimum absolute atomic E-state index is 0.300. The van der Waals surface area contributed by atoms with Crippen LogP contribution in [-0.2, 0) is 14.4 Å². The number of thiazole rings is 1. The largest absolute Gasteiger partial charge is 0.497 e. The van der Waals surface area contributed by atoms with E-state index in [9.17, 15) is 19.2 Å². The smallest absolute Gasteiger partial charge is 0.305 e. The highest BCUT2D eigenvalue weighted by atomic mass is 35.5. The molecular weight excluding hydrogens is 598 g/mol. The maximum absolute atomic E-state index is 14.0. The van der Waals surface area contributed by atoms with Gasteiger partial charge in [-0.3, -0.25) is 19.2 Å². The van der Waals surface area contributed by atoms with Crippen molar-refractivity contribution in [1.29, 1.82) is 0 Å². The standard InChI is InChI=1S/C30H24ClN3O6S2/c1-15-5-3-4-6-20(15)32-22(35)14-40-21-12-7-16(31)13-19(21)23-24-26(41-27-25(23)42-30(38)33-27)29(37)34(28(24)36)17-8-10-18(39-2)11-9-17/h3-13,23-24,26H,14H2,1-2H3,(H,32,35)(H,33,38). The molecule has 0 spiro atoms. The van der Waals surface area contributed by atoms with Crippen LogP contribution >= 0.6 is 34.7 Å². The number of anilines is 2. The fraction of sp³-hybridized carbons (Fsp3) is 0.200. The van der Waals surface area contributed by atoms with E-state index < -0.39 is 23.0 Å². The number of amides is 3. The van der Waals surface area contributed by atoms with Gasteiger partial charge in [0.15, 0.2) is 6.61 Å². The molecule has 3 heterocycles. The second-order valence-corrected chi connectivity index (χ2v) is 12.4. The number of hydrogen-bond acceptors (Lipinski definition) is 8. The molecule has 0 aliphatic carbocycles. The number of imide groups is 1. The average Bonchev–Trinajstić information content (AvgIpc) is 3.47. The van der Waals surface area contributed by atoms with Gasteiger partial charge in [-0.1, -0.05) is 52.9 Å². The highest BCUT2D eigenvalue weighted by Crippen LogP contribution is 2.54. The van der Waals surface area contributed by atoms with Crippen LogP contribution in [0.25, 0.3) is 0 Å². The fourth-order valence-corrected chi connectivity index (χ4v) is 7.96. The topological polar surface area (TPSA) is 118 Å². The number of aromatic nitrogens is 1. The zero-order valence-electron chi connectivity index (χ0n) is 22.4. The van der Waals surface area contributed by atoms with Crippen LogP contribution in [0.2, 0.25) is 5.02 Å². The number of thioether (sulfide) groups is 1. The number of fused-ring (bicyclic) bond motifs is 2. The lowest BCUT2D eigenvalue weighted by Crippen LogP contribution is -2.32. The Morgan fingerprint density at radius 2 is 1.81 bits per heavy atom. The number of methoxy groups -OCH3 is 1. The minimum Gasteiger partial charge on any atom is -0.497 e. The Balaban J connectivity index is 1.36. The second-order valence-electron chi connectivity index (χ2n) is 9.79. The number of nitrogens with one attached hydrogen (secondary N) is 2. The quantitative estimate of drug-likeness (QED) is 0.272. The third-order valence-electron chi connectivity index (χ3n) is 7.24. The maximum Gasteiger partial charge on any atom is 0.305 e. The van der Waals surface area contributed by atoms with Gasteiger partial charge >= 0.3 is 4.87 Å². The van der Waals surface area contributed by atoms with E-state index in [1.807, 2.05) is 25.1 Å². The molecule has 1 saturated heterocycles. The summed E-state index contributed by atoms with van der Waals surface area (Å²) in [6, 6.07) is 19.0. The van der Waals surface area contributed by atoms with Gasteiger partial charge in [0, 0.05) is 27.1 Å². The Morgan fingerprint density at radius 3 is 2.55 bits per heavy atom. The second kappa shape index (κ2) is 11.3. The van der Waals surface area contributed by atoms with Crippen molar-refractivity contribution in [1.82, 2.24) is 4.98 Å². The molecule has 9 nitrogen and oxygen atoms in total. The molecular formula is C30H24ClN3O6S2. The Morgan fingerprint density at radius 1 is 1.05 bits per heavy atom. The van der Waals surface area contributed by atoms with Crippen molar-refractivity contribution in [2.24, 2.45) is 5.92 Å². The van der Waals surface area contributed by atoms with Crippen molar-refractivity contribution in [2.45, 2.75) is 23.1 Å². The number of aryl methyl sites for hydroxylation is 1. The molecule has 2 aliphatic rings. The van der Waals surface area contributed by atoms with Gasteiger partial charge in [0.2, 0.25) is 11.8 Å². The van der Waals surface area contributed by atoms with E-state index in [1.54, 1.807) is 48.5 Å². The normalized spacial score (nSPS) is 19.3. The number of ether oxygens (including phenoxy) is 2. The number of benzene rings is 3. The van der Waals surface area contributed by atoms with Gasteiger partial charge in [0.25, 0.3) is 5.91 Å². The molecule has 12 heteroatoms. The summed E-state index contributed by atoms with van der Waals surface area (Å²) in [5.41, 5.74) is 2.51. The van der Waals surface area contributed by atoms with E-state index in [1.165, 1.54) is 23.8 Å². The highest BCUT2D eigenvalue weighted by Gasteiger charge is 2.56. The first kappa shape index (κ1) is 28.1. The summed E-state index contributed by atoms with van der Waals surface area (Å²) in [6.45, 7) is 1.58. The van der Waals surface area contributed by atoms with Gasteiger partial charge in [-0.05, 0) is 61.0 Å². The van der Waals surface area contributed by atoms with Crippen LogP contribution in [0.4, 0.5) is 11.4 Å². The Labute approximate surface area is 253 Å². The molecule has 3 aromatic carbocycles. The first-order chi connectivity index (χ1) is 20.2. The highest BCUT2D eigenvalue weighted by molar-refractivity contribution is 8.00. The van der Waals surface area contributed by atoms with Crippen molar-refractivity contribution in [2.75, 3.05) is 23.9 Å². The Kier molecular flexibility index (Phi) is 7.56. The molecule has 3 atom stereocenters. The average molecular weight is 622 g/mol. The molecule has 42 heavy (non-hydrogen) atoms. The van der Waals surface area contributed by atoms with E-state index in [4.69, 9.17) is 21.1 Å². The van der Waals surface area contributed by atoms with Gasteiger partial charge in [-0.2, -0.15) is 0 Å². The number of carbonyl (C=O) groups is 3. The minimum atomic E-state index is -0.842. The molecule has 2 aliphatic heterocycles. The van der Waals surface area contributed by atoms with Crippen LogP contribution in [0, 0.1) is 12.8 Å². The summed E-state index contributed by atoms with van der Waals surface area (Å²) in [7, 11) is 1.53. The van der Waals surface area contributed by atoms with Crippen LogP contribution in [0.3, 0.4) is 0 Å². The molecule has 3 amide bonds. The van der Waals surface area contributed by atoms with Crippen LogP contribution in [0.5, 0.6) is 11.5 Å². The zero-order valence-corrected chi connectivity index (χ0v) is 24.8. The summed E-state index contributed by atoms with van der Waals surface area (Å²) in [4.78, 5) is 57.4. The molecule has 6 rings (SSSR count). The van der Waals surface area contributed by atoms with Crippen molar-refractivity contribution in [3.05, 3.63) is 97.4 Å². The van der Waals surface area contributed by atoms with Crippen LogP contribution in [0.15, 0.2) is 76.6 Å². The summed E-state index contributed by atoms with van der Waals surface area (Å²) < 4.78 is 11.2. The summed E-state index contributed by atoms with van der Waals surface area (Å²) >= 11 is 8.59. The number of para-hydroxylation sites is 1.